The van der Waals surface area contributed by atoms with Crippen molar-refractivity contribution in [3.05, 3.63) is 42.2 Å². The van der Waals surface area contributed by atoms with Gasteiger partial charge in [0, 0.05) is 24.4 Å². The second kappa shape index (κ2) is 5.48. The number of rotatable bonds is 3. The maximum absolute atomic E-state index is 6.06. The SMILES string of the molecule is CC1(C(NN)c2cccc3ccncc23)CCCCO1. The van der Waals surface area contributed by atoms with Crippen molar-refractivity contribution in [2.75, 3.05) is 6.61 Å². The lowest BCUT2D eigenvalue weighted by Crippen LogP contribution is -2.48. The van der Waals surface area contributed by atoms with Crippen molar-refractivity contribution in [2.45, 2.75) is 37.8 Å². The molecule has 1 aliphatic rings. The molecule has 2 unspecified atom stereocenters. The van der Waals surface area contributed by atoms with Crippen LogP contribution in [0.4, 0.5) is 0 Å². The highest BCUT2D eigenvalue weighted by molar-refractivity contribution is 5.85. The van der Waals surface area contributed by atoms with Crippen LogP contribution in [0.5, 0.6) is 0 Å². The highest BCUT2D eigenvalue weighted by Crippen LogP contribution is 2.38. The van der Waals surface area contributed by atoms with E-state index in [1.54, 1.807) is 0 Å². The number of hydrogen-bond donors (Lipinski definition) is 2. The van der Waals surface area contributed by atoms with Gasteiger partial charge in [-0.15, -0.1) is 0 Å². The normalized spacial score (nSPS) is 24.7. The summed E-state index contributed by atoms with van der Waals surface area (Å²) in [5.74, 6) is 5.86. The summed E-state index contributed by atoms with van der Waals surface area (Å²) in [4.78, 5) is 4.25. The maximum atomic E-state index is 6.06. The van der Waals surface area contributed by atoms with Crippen LogP contribution in [0.1, 0.15) is 37.8 Å². The molecule has 2 aromatic rings. The second-order valence-electron chi connectivity index (χ2n) is 5.66. The van der Waals surface area contributed by atoms with E-state index < -0.39 is 0 Å². The Kier molecular flexibility index (Phi) is 3.70. The molecule has 4 nitrogen and oxygen atoms in total. The minimum absolute atomic E-state index is 0.0318. The molecule has 0 aliphatic carbocycles. The Balaban J connectivity index is 2.07. The number of nitrogens with one attached hydrogen (secondary N) is 1. The molecule has 2 heterocycles. The average Bonchev–Trinajstić information content (AvgIpc) is 2.49. The summed E-state index contributed by atoms with van der Waals surface area (Å²) in [5, 5.41) is 2.31. The Morgan fingerprint density at radius 3 is 3.00 bits per heavy atom. The fourth-order valence-corrected chi connectivity index (χ4v) is 3.17. The zero-order chi connectivity index (χ0) is 14.0. The molecule has 1 aromatic heterocycles. The standard InChI is InChI=1S/C16H21N3O/c1-16(8-2-3-10-20-16)15(19-17)13-6-4-5-12-7-9-18-11-14(12)13/h4-7,9,11,15,19H,2-3,8,10,17H2,1H3. The van der Waals surface area contributed by atoms with Gasteiger partial charge < -0.3 is 4.74 Å². The Hall–Kier alpha value is -1.49. The Morgan fingerprint density at radius 2 is 2.25 bits per heavy atom. The van der Waals surface area contributed by atoms with Crippen molar-refractivity contribution in [1.82, 2.24) is 10.4 Å². The molecule has 0 spiro atoms. The third kappa shape index (κ3) is 2.30. The number of pyridine rings is 1. The van der Waals surface area contributed by atoms with E-state index in [1.165, 1.54) is 11.8 Å². The topological polar surface area (TPSA) is 60.2 Å². The monoisotopic (exact) mass is 271 g/mol. The Labute approximate surface area is 119 Å². The summed E-state index contributed by atoms with van der Waals surface area (Å²) >= 11 is 0. The van der Waals surface area contributed by atoms with Gasteiger partial charge in [0.25, 0.3) is 0 Å². The predicted molar refractivity (Wildman–Crippen MR) is 80.0 cm³/mol. The van der Waals surface area contributed by atoms with E-state index in [0.29, 0.717) is 0 Å². The second-order valence-corrected chi connectivity index (χ2v) is 5.66. The molecule has 1 fully saturated rings. The van der Waals surface area contributed by atoms with E-state index in [9.17, 15) is 0 Å². The summed E-state index contributed by atoms with van der Waals surface area (Å²) in [6.45, 7) is 2.95. The zero-order valence-corrected chi connectivity index (χ0v) is 11.8. The number of hydrogen-bond acceptors (Lipinski definition) is 4. The molecule has 0 radical (unpaired) electrons. The van der Waals surface area contributed by atoms with E-state index >= 15 is 0 Å². The summed E-state index contributed by atoms with van der Waals surface area (Å²) in [7, 11) is 0. The lowest BCUT2D eigenvalue weighted by atomic mass is 9.83. The first-order chi connectivity index (χ1) is 9.74. The number of benzene rings is 1. The molecule has 2 atom stereocenters. The molecule has 0 saturated carbocycles. The summed E-state index contributed by atoms with van der Waals surface area (Å²) in [6.07, 6.45) is 7.04. The highest BCUT2D eigenvalue weighted by Gasteiger charge is 2.37. The van der Waals surface area contributed by atoms with Crippen LogP contribution in [0, 0.1) is 0 Å². The van der Waals surface area contributed by atoms with Gasteiger partial charge in [-0.3, -0.25) is 16.3 Å². The first kappa shape index (κ1) is 13.5. The molecule has 3 rings (SSSR count). The van der Waals surface area contributed by atoms with Crippen molar-refractivity contribution in [2.24, 2.45) is 5.84 Å². The molecule has 0 amide bonds. The van der Waals surface area contributed by atoms with Crippen molar-refractivity contribution < 1.29 is 4.74 Å². The van der Waals surface area contributed by atoms with Gasteiger partial charge in [0.2, 0.25) is 0 Å². The van der Waals surface area contributed by atoms with E-state index in [2.05, 4.69) is 35.5 Å². The number of aromatic nitrogens is 1. The van der Waals surface area contributed by atoms with Crippen molar-refractivity contribution >= 4 is 10.8 Å². The minimum atomic E-state index is -0.267. The van der Waals surface area contributed by atoms with Crippen LogP contribution in [0.2, 0.25) is 0 Å². The molecule has 4 heteroatoms. The van der Waals surface area contributed by atoms with Crippen LogP contribution in [0.25, 0.3) is 10.8 Å². The molecule has 106 valence electrons. The van der Waals surface area contributed by atoms with Crippen molar-refractivity contribution in [3.8, 4) is 0 Å². The van der Waals surface area contributed by atoms with Crippen LogP contribution in [0.15, 0.2) is 36.7 Å². The zero-order valence-electron chi connectivity index (χ0n) is 11.8. The number of nitrogens with two attached hydrogens (primary N) is 1. The average molecular weight is 271 g/mol. The van der Waals surface area contributed by atoms with Crippen molar-refractivity contribution in [3.63, 3.8) is 0 Å². The van der Waals surface area contributed by atoms with Crippen LogP contribution >= 0.6 is 0 Å². The van der Waals surface area contributed by atoms with Gasteiger partial charge in [0.05, 0.1) is 11.6 Å². The number of fused-ring (bicyclic) bond motifs is 1. The van der Waals surface area contributed by atoms with Gasteiger partial charge in [0.1, 0.15) is 0 Å². The maximum Gasteiger partial charge on any atom is 0.0861 e. The predicted octanol–water partition coefficient (Wildman–Crippen LogP) is 2.70. The Morgan fingerprint density at radius 1 is 1.35 bits per heavy atom. The summed E-state index contributed by atoms with van der Waals surface area (Å²) in [5.41, 5.74) is 3.86. The van der Waals surface area contributed by atoms with Gasteiger partial charge in [-0.25, -0.2) is 0 Å². The molecular weight excluding hydrogens is 250 g/mol. The number of ether oxygens (including phenoxy) is 1. The first-order valence-electron chi connectivity index (χ1n) is 7.17. The van der Waals surface area contributed by atoms with Crippen LogP contribution in [0.3, 0.4) is 0 Å². The van der Waals surface area contributed by atoms with E-state index in [1.807, 2.05) is 18.5 Å². The van der Waals surface area contributed by atoms with E-state index in [4.69, 9.17) is 10.6 Å². The first-order valence-corrected chi connectivity index (χ1v) is 7.17. The third-order valence-corrected chi connectivity index (χ3v) is 4.31. The van der Waals surface area contributed by atoms with Crippen LogP contribution in [-0.2, 0) is 4.74 Å². The van der Waals surface area contributed by atoms with Gasteiger partial charge in [-0.05, 0) is 43.2 Å². The Bertz CT molecular complexity index is 588. The fourth-order valence-electron chi connectivity index (χ4n) is 3.17. The highest BCUT2D eigenvalue weighted by atomic mass is 16.5. The van der Waals surface area contributed by atoms with E-state index in [0.717, 1.165) is 30.4 Å². The number of hydrazine groups is 1. The van der Waals surface area contributed by atoms with E-state index in [-0.39, 0.29) is 11.6 Å². The largest absolute Gasteiger partial charge is 0.373 e. The molecule has 1 aromatic carbocycles. The van der Waals surface area contributed by atoms with Gasteiger partial charge >= 0.3 is 0 Å². The van der Waals surface area contributed by atoms with Gasteiger partial charge in [-0.2, -0.15) is 0 Å². The van der Waals surface area contributed by atoms with Gasteiger partial charge in [-0.1, -0.05) is 18.2 Å². The minimum Gasteiger partial charge on any atom is -0.373 e. The molecule has 0 bridgehead atoms. The van der Waals surface area contributed by atoms with Crippen LogP contribution < -0.4 is 11.3 Å². The molecular formula is C16H21N3O. The summed E-state index contributed by atoms with van der Waals surface area (Å²) < 4.78 is 6.06. The smallest absolute Gasteiger partial charge is 0.0861 e. The molecule has 1 aliphatic heterocycles. The number of nitrogens with zero attached hydrogens (tertiary/aromatic N) is 1. The lowest BCUT2D eigenvalue weighted by molar-refractivity contribution is -0.0896. The fraction of sp³-hybridized carbons (Fsp3) is 0.438. The lowest BCUT2D eigenvalue weighted by Gasteiger charge is -2.40. The quantitative estimate of drug-likeness (QED) is 0.665. The third-order valence-electron chi connectivity index (χ3n) is 4.31. The molecule has 1 saturated heterocycles. The molecule has 3 N–H and O–H groups in total. The van der Waals surface area contributed by atoms with Gasteiger partial charge in [0.15, 0.2) is 0 Å². The van der Waals surface area contributed by atoms with Crippen molar-refractivity contribution in [1.29, 1.82) is 0 Å². The molecule has 20 heavy (non-hydrogen) atoms. The van der Waals surface area contributed by atoms with Crippen LogP contribution in [-0.4, -0.2) is 17.2 Å². The summed E-state index contributed by atoms with van der Waals surface area (Å²) in [6, 6.07) is 8.26.